The third kappa shape index (κ3) is 4.35. The molecule has 18 heavy (non-hydrogen) atoms. The van der Waals surface area contributed by atoms with Gasteiger partial charge in [-0.05, 0) is 24.0 Å². The SMILES string of the molecule is CCc1ccc(C(CC)NCC(F)(F)CO)cc1. The van der Waals surface area contributed by atoms with Gasteiger partial charge in [-0.15, -0.1) is 0 Å². The first kappa shape index (κ1) is 15.1. The molecule has 0 aliphatic rings. The molecule has 0 amide bonds. The standard InChI is InChI=1S/C14H21F2NO/c1-3-11-5-7-12(8-6-11)13(4-2)17-9-14(15,16)10-18/h5-8,13,17-18H,3-4,9-10H2,1-2H3. The third-order valence-electron chi connectivity index (χ3n) is 3.04. The molecule has 0 radical (unpaired) electrons. The van der Waals surface area contributed by atoms with Crippen molar-refractivity contribution in [1.29, 1.82) is 0 Å². The van der Waals surface area contributed by atoms with Crippen LogP contribution in [0.1, 0.15) is 37.4 Å². The van der Waals surface area contributed by atoms with Crippen LogP contribution in [0.25, 0.3) is 0 Å². The number of hydrogen-bond donors (Lipinski definition) is 2. The second-order valence-electron chi connectivity index (χ2n) is 4.45. The van der Waals surface area contributed by atoms with Crippen LogP contribution in [0.3, 0.4) is 0 Å². The lowest BCUT2D eigenvalue weighted by Crippen LogP contribution is -2.37. The highest BCUT2D eigenvalue weighted by molar-refractivity contribution is 5.25. The van der Waals surface area contributed by atoms with Crippen LogP contribution in [0, 0.1) is 0 Å². The molecule has 0 bridgehead atoms. The molecule has 1 rings (SSSR count). The minimum absolute atomic E-state index is 0.103. The van der Waals surface area contributed by atoms with Crippen molar-refractivity contribution in [3.05, 3.63) is 35.4 Å². The van der Waals surface area contributed by atoms with Gasteiger partial charge >= 0.3 is 0 Å². The lowest BCUT2D eigenvalue weighted by molar-refractivity contribution is -0.0494. The predicted octanol–water partition coefficient (Wildman–Crippen LogP) is 2.92. The summed E-state index contributed by atoms with van der Waals surface area (Å²) in [6.07, 6.45) is 1.69. The second-order valence-corrected chi connectivity index (χ2v) is 4.45. The number of aliphatic hydroxyl groups is 1. The summed E-state index contributed by atoms with van der Waals surface area (Å²) < 4.78 is 25.9. The molecule has 0 fully saturated rings. The van der Waals surface area contributed by atoms with Gasteiger partial charge < -0.3 is 10.4 Å². The van der Waals surface area contributed by atoms with Crippen LogP contribution in [0.4, 0.5) is 8.78 Å². The summed E-state index contributed by atoms with van der Waals surface area (Å²) in [7, 11) is 0. The fraction of sp³-hybridized carbons (Fsp3) is 0.571. The van der Waals surface area contributed by atoms with Crippen molar-refractivity contribution in [3.8, 4) is 0 Å². The summed E-state index contributed by atoms with van der Waals surface area (Å²) in [5.74, 6) is -3.06. The molecule has 0 saturated carbocycles. The molecule has 1 aromatic carbocycles. The van der Waals surface area contributed by atoms with Crippen LogP contribution in [0.15, 0.2) is 24.3 Å². The first-order valence-electron chi connectivity index (χ1n) is 6.33. The van der Waals surface area contributed by atoms with Gasteiger partial charge in [0, 0.05) is 6.04 Å². The Hall–Kier alpha value is -1.00. The van der Waals surface area contributed by atoms with Crippen LogP contribution >= 0.6 is 0 Å². The van der Waals surface area contributed by atoms with Crippen LogP contribution < -0.4 is 5.32 Å². The topological polar surface area (TPSA) is 32.3 Å². The monoisotopic (exact) mass is 257 g/mol. The van der Waals surface area contributed by atoms with E-state index in [1.165, 1.54) is 5.56 Å². The minimum Gasteiger partial charge on any atom is -0.390 e. The molecule has 1 unspecified atom stereocenters. The van der Waals surface area contributed by atoms with E-state index in [2.05, 4.69) is 12.2 Å². The number of aryl methyl sites for hydroxylation is 1. The molecule has 0 heterocycles. The van der Waals surface area contributed by atoms with Crippen molar-refractivity contribution < 1.29 is 13.9 Å². The second kappa shape index (κ2) is 6.81. The summed E-state index contributed by atoms with van der Waals surface area (Å²) >= 11 is 0. The number of aliphatic hydroxyl groups excluding tert-OH is 1. The van der Waals surface area contributed by atoms with E-state index < -0.39 is 19.1 Å². The number of benzene rings is 1. The molecule has 1 aromatic rings. The molecular weight excluding hydrogens is 236 g/mol. The average Bonchev–Trinajstić information content (AvgIpc) is 2.40. The number of hydrogen-bond acceptors (Lipinski definition) is 2. The summed E-state index contributed by atoms with van der Waals surface area (Å²) in [6, 6.07) is 7.87. The van der Waals surface area contributed by atoms with Gasteiger partial charge in [-0.2, -0.15) is 0 Å². The zero-order chi connectivity index (χ0) is 13.6. The molecule has 2 nitrogen and oxygen atoms in total. The zero-order valence-corrected chi connectivity index (χ0v) is 10.9. The predicted molar refractivity (Wildman–Crippen MR) is 68.9 cm³/mol. The number of alkyl halides is 2. The van der Waals surface area contributed by atoms with Crippen molar-refractivity contribution in [1.82, 2.24) is 5.32 Å². The van der Waals surface area contributed by atoms with Crippen molar-refractivity contribution >= 4 is 0 Å². The maximum atomic E-state index is 13.0. The summed E-state index contributed by atoms with van der Waals surface area (Å²) in [6.45, 7) is 2.40. The van der Waals surface area contributed by atoms with Gasteiger partial charge in [-0.1, -0.05) is 38.1 Å². The molecule has 0 aliphatic heterocycles. The zero-order valence-electron chi connectivity index (χ0n) is 10.9. The summed E-state index contributed by atoms with van der Waals surface area (Å²) in [5, 5.41) is 11.3. The largest absolute Gasteiger partial charge is 0.390 e. The smallest absolute Gasteiger partial charge is 0.282 e. The Kier molecular flexibility index (Phi) is 5.69. The normalized spacial score (nSPS) is 13.6. The Morgan fingerprint density at radius 2 is 1.83 bits per heavy atom. The van der Waals surface area contributed by atoms with E-state index >= 15 is 0 Å². The lowest BCUT2D eigenvalue weighted by Gasteiger charge is -2.21. The highest BCUT2D eigenvalue weighted by atomic mass is 19.3. The van der Waals surface area contributed by atoms with Crippen molar-refractivity contribution in [2.24, 2.45) is 0 Å². The Morgan fingerprint density at radius 3 is 2.28 bits per heavy atom. The summed E-state index contributed by atoms with van der Waals surface area (Å²) in [4.78, 5) is 0. The van der Waals surface area contributed by atoms with Crippen LogP contribution in [-0.4, -0.2) is 24.2 Å². The van der Waals surface area contributed by atoms with Gasteiger partial charge in [0.25, 0.3) is 5.92 Å². The molecule has 0 spiro atoms. The Bertz CT molecular complexity index is 351. The number of halogens is 2. The van der Waals surface area contributed by atoms with Gasteiger partial charge in [0.1, 0.15) is 6.61 Å². The van der Waals surface area contributed by atoms with Crippen LogP contribution in [-0.2, 0) is 6.42 Å². The molecule has 4 heteroatoms. The van der Waals surface area contributed by atoms with E-state index in [1.807, 2.05) is 31.2 Å². The fourth-order valence-electron chi connectivity index (χ4n) is 1.81. The number of rotatable bonds is 7. The average molecular weight is 257 g/mol. The highest BCUT2D eigenvalue weighted by Gasteiger charge is 2.28. The van der Waals surface area contributed by atoms with Gasteiger partial charge in [-0.3, -0.25) is 0 Å². The van der Waals surface area contributed by atoms with E-state index in [0.717, 1.165) is 18.4 Å². The molecule has 102 valence electrons. The first-order valence-corrected chi connectivity index (χ1v) is 6.33. The van der Waals surface area contributed by atoms with Gasteiger partial charge in [0.2, 0.25) is 0 Å². The van der Waals surface area contributed by atoms with Crippen molar-refractivity contribution in [2.75, 3.05) is 13.2 Å². The molecule has 0 aromatic heterocycles. The quantitative estimate of drug-likeness (QED) is 0.787. The van der Waals surface area contributed by atoms with E-state index in [4.69, 9.17) is 5.11 Å². The fourth-order valence-corrected chi connectivity index (χ4v) is 1.81. The minimum atomic E-state index is -3.06. The maximum Gasteiger partial charge on any atom is 0.282 e. The van der Waals surface area contributed by atoms with Gasteiger partial charge in [0.15, 0.2) is 0 Å². The van der Waals surface area contributed by atoms with Crippen LogP contribution in [0.2, 0.25) is 0 Å². The van der Waals surface area contributed by atoms with E-state index in [0.29, 0.717) is 0 Å². The molecular formula is C14H21F2NO. The van der Waals surface area contributed by atoms with Crippen molar-refractivity contribution in [3.63, 3.8) is 0 Å². The Labute approximate surface area is 107 Å². The molecule has 0 saturated heterocycles. The first-order chi connectivity index (χ1) is 8.52. The maximum absolute atomic E-state index is 13.0. The Morgan fingerprint density at radius 1 is 1.22 bits per heavy atom. The number of nitrogens with one attached hydrogen (secondary N) is 1. The van der Waals surface area contributed by atoms with Crippen LogP contribution in [0.5, 0.6) is 0 Å². The van der Waals surface area contributed by atoms with Crippen molar-refractivity contribution in [2.45, 2.75) is 38.7 Å². The highest BCUT2D eigenvalue weighted by Crippen LogP contribution is 2.19. The van der Waals surface area contributed by atoms with Gasteiger partial charge in [-0.25, -0.2) is 8.78 Å². The summed E-state index contributed by atoms with van der Waals surface area (Å²) in [5.41, 5.74) is 2.23. The van der Waals surface area contributed by atoms with Gasteiger partial charge in [0.05, 0.1) is 6.54 Å². The molecule has 2 N–H and O–H groups in total. The lowest BCUT2D eigenvalue weighted by atomic mass is 10.0. The molecule has 0 aliphatic carbocycles. The Balaban J connectivity index is 2.65. The van der Waals surface area contributed by atoms with E-state index in [-0.39, 0.29) is 6.04 Å². The van der Waals surface area contributed by atoms with E-state index in [9.17, 15) is 8.78 Å². The molecule has 1 atom stereocenters. The van der Waals surface area contributed by atoms with E-state index in [1.54, 1.807) is 0 Å². The third-order valence-corrected chi connectivity index (χ3v) is 3.04.